The van der Waals surface area contributed by atoms with E-state index in [9.17, 15) is 0 Å². The molecular weight excluding hydrogens is 342 g/mol. The zero-order valence-electron chi connectivity index (χ0n) is 13.5. The number of fused-ring (bicyclic) bond motifs is 2. The van der Waals surface area contributed by atoms with E-state index in [1.54, 1.807) is 4.68 Å². The number of aromatic nitrogens is 4. The third kappa shape index (κ3) is 3.11. The number of nitrogens with zero attached hydrogens (tertiary/aromatic N) is 5. The molecule has 25 heavy (non-hydrogen) atoms. The number of nitrogens with one attached hydrogen (secondary N) is 1. The van der Waals surface area contributed by atoms with Crippen LogP contribution in [0.25, 0.3) is 11.4 Å². The van der Waals surface area contributed by atoms with Gasteiger partial charge in [0.1, 0.15) is 6.10 Å². The van der Waals surface area contributed by atoms with Gasteiger partial charge in [0.2, 0.25) is 0 Å². The van der Waals surface area contributed by atoms with Gasteiger partial charge in [-0.15, -0.1) is 5.10 Å². The van der Waals surface area contributed by atoms with Crippen molar-refractivity contribution < 1.29 is 9.47 Å². The van der Waals surface area contributed by atoms with E-state index in [4.69, 9.17) is 27.4 Å². The van der Waals surface area contributed by atoms with Gasteiger partial charge in [-0.3, -0.25) is 5.43 Å². The summed E-state index contributed by atoms with van der Waals surface area (Å²) in [5.74, 6) is 0.681. The Morgan fingerprint density at radius 2 is 2.20 bits per heavy atom. The minimum Gasteiger partial charge on any atom is -0.375 e. The van der Waals surface area contributed by atoms with Crippen LogP contribution >= 0.6 is 12.2 Å². The second-order valence-electron chi connectivity index (χ2n) is 6.00. The standard InChI is InChI=1S/C15H17N7O2S/c1-8-2-4-9(5-3-8)13-18-20-21-22(13)11-6-10(17-19-15(16)25)14-23-7-12(11)24-14/h2-5,11-12,14H,6-7H2,1H3,(H3,16,19,25)/b17-10+/t11-,12-,14+/m1/s1. The van der Waals surface area contributed by atoms with Crippen molar-refractivity contribution in [2.45, 2.75) is 31.8 Å². The largest absolute Gasteiger partial charge is 0.375 e. The van der Waals surface area contributed by atoms with Crippen molar-refractivity contribution in [3.63, 3.8) is 0 Å². The number of thiocarbonyl (C=S) groups is 1. The van der Waals surface area contributed by atoms with Crippen LogP contribution in [0.15, 0.2) is 29.4 Å². The summed E-state index contributed by atoms with van der Waals surface area (Å²) in [5, 5.41) is 16.5. The highest BCUT2D eigenvalue weighted by Crippen LogP contribution is 2.35. The first kappa shape index (κ1) is 16.1. The highest BCUT2D eigenvalue weighted by Gasteiger charge is 2.44. The molecule has 1 aromatic heterocycles. The van der Waals surface area contributed by atoms with Gasteiger partial charge in [0.05, 0.1) is 18.4 Å². The second kappa shape index (κ2) is 6.47. The normalized spacial score (nSPS) is 26.8. The topological polar surface area (TPSA) is 112 Å². The molecule has 4 rings (SSSR count). The Balaban J connectivity index is 1.65. The lowest BCUT2D eigenvalue weighted by atomic mass is 10.0. The Morgan fingerprint density at radius 3 is 2.96 bits per heavy atom. The predicted octanol–water partition coefficient (Wildman–Crippen LogP) is 0.524. The van der Waals surface area contributed by atoms with Crippen LogP contribution in [0.5, 0.6) is 0 Å². The number of ether oxygens (including phenoxy) is 2. The first-order valence-electron chi connectivity index (χ1n) is 7.85. The van der Waals surface area contributed by atoms with E-state index in [1.807, 2.05) is 31.2 Å². The van der Waals surface area contributed by atoms with Gasteiger partial charge in [0.15, 0.2) is 17.2 Å². The first-order chi connectivity index (χ1) is 12.1. The van der Waals surface area contributed by atoms with Gasteiger partial charge >= 0.3 is 0 Å². The number of hydrazone groups is 1. The maximum absolute atomic E-state index is 5.90. The van der Waals surface area contributed by atoms with Crippen molar-refractivity contribution in [2.75, 3.05) is 6.61 Å². The molecule has 2 bridgehead atoms. The minimum absolute atomic E-state index is 0.0898. The fourth-order valence-electron chi connectivity index (χ4n) is 3.02. The summed E-state index contributed by atoms with van der Waals surface area (Å²) in [4.78, 5) is 0. The van der Waals surface area contributed by atoms with Gasteiger partial charge in [-0.25, -0.2) is 4.68 Å². The fraction of sp³-hybridized carbons (Fsp3) is 0.400. The van der Waals surface area contributed by atoms with Crippen molar-refractivity contribution in [2.24, 2.45) is 10.8 Å². The van der Waals surface area contributed by atoms with Crippen LogP contribution in [0, 0.1) is 6.92 Å². The van der Waals surface area contributed by atoms with Crippen LogP contribution in [-0.2, 0) is 9.47 Å². The van der Waals surface area contributed by atoms with Gasteiger partial charge in [0, 0.05) is 12.0 Å². The molecule has 130 valence electrons. The van der Waals surface area contributed by atoms with Gasteiger partial charge in [0.25, 0.3) is 0 Å². The van der Waals surface area contributed by atoms with Crippen LogP contribution in [0.4, 0.5) is 0 Å². The highest BCUT2D eigenvalue weighted by atomic mass is 32.1. The number of nitrogens with two attached hydrogens (primary N) is 1. The Hall–Kier alpha value is -2.43. The van der Waals surface area contributed by atoms with E-state index >= 15 is 0 Å². The Labute approximate surface area is 149 Å². The summed E-state index contributed by atoms with van der Waals surface area (Å²) in [6.07, 6.45) is -0.0432. The maximum Gasteiger partial charge on any atom is 0.199 e. The van der Waals surface area contributed by atoms with E-state index in [-0.39, 0.29) is 17.3 Å². The van der Waals surface area contributed by atoms with Crippen LogP contribution < -0.4 is 11.2 Å². The summed E-state index contributed by atoms with van der Waals surface area (Å²) in [6, 6.07) is 7.92. The van der Waals surface area contributed by atoms with Crippen LogP contribution in [0.2, 0.25) is 0 Å². The second-order valence-corrected chi connectivity index (χ2v) is 6.44. The average molecular weight is 359 g/mol. The molecule has 0 spiro atoms. The van der Waals surface area contributed by atoms with Crippen molar-refractivity contribution in [1.82, 2.24) is 25.6 Å². The van der Waals surface area contributed by atoms with Gasteiger partial charge in [-0.1, -0.05) is 29.8 Å². The zero-order valence-corrected chi connectivity index (χ0v) is 14.3. The van der Waals surface area contributed by atoms with Crippen molar-refractivity contribution >= 4 is 23.0 Å². The van der Waals surface area contributed by atoms with Crippen LogP contribution in [-0.4, -0.2) is 50.0 Å². The third-order valence-corrected chi connectivity index (χ3v) is 4.35. The number of hydrogen-bond acceptors (Lipinski definition) is 7. The Morgan fingerprint density at radius 1 is 1.40 bits per heavy atom. The van der Waals surface area contributed by atoms with E-state index in [2.05, 4.69) is 26.1 Å². The van der Waals surface area contributed by atoms with E-state index in [1.165, 1.54) is 5.56 Å². The molecule has 2 aromatic rings. The number of rotatable bonds is 3. The van der Waals surface area contributed by atoms with E-state index < -0.39 is 6.29 Å². The molecule has 3 heterocycles. The molecule has 0 radical (unpaired) electrons. The van der Waals surface area contributed by atoms with Crippen LogP contribution in [0.3, 0.4) is 0 Å². The lowest BCUT2D eigenvalue weighted by molar-refractivity contribution is -0.0320. The molecule has 2 fully saturated rings. The molecule has 3 N–H and O–H groups in total. The number of hydrogen-bond donors (Lipinski definition) is 2. The fourth-order valence-corrected chi connectivity index (χ4v) is 3.06. The molecule has 2 saturated heterocycles. The molecule has 2 aliphatic rings. The molecule has 0 aliphatic carbocycles. The summed E-state index contributed by atoms with van der Waals surface area (Å²) < 4.78 is 13.3. The Bertz CT molecular complexity index is 820. The third-order valence-electron chi connectivity index (χ3n) is 4.26. The lowest BCUT2D eigenvalue weighted by Crippen LogP contribution is -2.39. The summed E-state index contributed by atoms with van der Waals surface area (Å²) >= 11 is 4.79. The average Bonchev–Trinajstić information content (AvgIpc) is 3.23. The molecule has 3 atom stereocenters. The number of aryl methyl sites for hydroxylation is 1. The molecule has 9 nitrogen and oxygen atoms in total. The minimum atomic E-state index is -0.484. The molecule has 0 amide bonds. The number of tetrazole rings is 1. The highest BCUT2D eigenvalue weighted by molar-refractivity contribution is 7.80. The molecule has 10 heteroatoms. The molecule has 0 unspecified atom stereocenters. The summed E-state index contributed by atoms with van der Waals surface area (Å²) in [7, 11) is 0. The number of benzene rings is 1. The zero-order chi connectivity index (χ0) is 17.4. The Kier molecular flexibility index (Phi) is 4.15. The SMILES string of the molecule is Cc1ccc(-c2nnnn2[C@@H]2C/C(=N\NC(N)=S)[C@H]3OC[C@H]2O3)cc1. The quantitative estimate of drug-likeness (QED) is 0.603. The van der Waals surface area contributed by atoms with Crippen LogP contribution in [0.1, 0.15) is 18.0 Å². The summed E-state index contributed by atoms with van der Waals surface area (Å²) in [6.45, 7) is 2.49. The lowest BCUT2D eigenvalue weighted by Gasteiger charge is -2.28. The van der Waals surface area contributed by atoms with Crippen molar-refractivity contribution in [1.29, 1.82) is 0 Å². The maximum atomic E-state index is 5.90. The predicted molar refractivity (Wildman–Crippen MR) is 93.6 cm³/mol. The summed E-state index contributed by atoms with van der Waals surface area (Å²) in [5.41, 5.74) is 10.8. The molecule has 2 aliphatic heterocycles. The smallest absolute Gasteiger partial charge is 0.199 e. The van der Waals surface area contributed by atoms with Crippen molar-refractivity contribution in [3.8, 4) is 11.4 Å². The monoisotopic (exact) mass is 359 g/mol. The van der Waals surface area contributed by atoms with Crippen molar-refractivity contribution in [3.05, 3.63) is 29.8 Å². The van der Waals surface area contributed by atoms with E-state index in [0.29, 0.717) is 24.6 Å². The molecular formula is C15H17N7O2S. The van der Waals surface area contributed by atoms with Gasteiger partial charge < -0.3 is 15.2 Å². The van der Waals surface area contributed by atoms with E-state index in [0.717, 1.165) is 5.56 Å². The first-order valence-corrected chi connectivity index (χ1v) is 8.26. The van der Waals surface area contributed by atoms with Gasteiger partial charge in [-0.05, 0) is 29.6 Å². The van der Waals surface area contributed by atoms with Gasteiger partial charge in [-0.2, -0.15) is 5.10 Å². The molecule has 1 aromatic carbocycles. The molecule has 0 saturated carbocycles.